The maximum atomic E-state index is 10.4. The number of rotatable bonds is 2. The lowest BCUT2D eigenvalue weighted by atomic mass is 10.2. The number of nitrogens with one attached hydrogen (secondary N) is 1. The number of aromatic hydroxyl groups is 1. The molecule has 64 valence electrons. The van der Waals surface area contributed by atoms with Crippen LogP contribution in [0.3, 0.4) is 0 Å². The minimum absolute atomic E-state index is 0.227. The van der Waals surface area contributed by atoms with Gasteiger partial charge >= 0.3 is 0 Å². The molecular formula is C7H7NO4. The fraction of sp³-hybridized carbons (Fsp3) is 0. The van der Waals surface area contributed by atoms with Gasteiger partial charge in [0, 0.05) is 11.6 Å². The number of hydrogen-bond acceptors (Lipinski definition) is 4. The second-order valence-corrected chi connectivity index (χ2v) is 2.20. The van der Waals surface area contributed by atoms with Gasteiger partial charge in [-0.2, -0.15) is 5.23 Å². The van der Waals surface area contributed by atoms with E-state index in [9.17, 15) is 10.0 Å². The fourth-order valence-electron chi connectivity index (χ4n) is 0.798. The fourth-order valence-corrected chi connectivity index (χ4v) is 0.798. The summed E-state index contributed by atoms with van der Waals surface area (Å²) in [5.74, 6) is -0.340. The third-order valence-electron chi connectivity index (χ3n) is 1.39. The van der Waals surface area contributed by atoms with E-state index in [0.717, 1.165) is 6.07 Å². The predicted octanol–water partition coefficient (Wildman–Crippen LogP) is -0.392. The molecule has 0 heterocycles. The van der Waals surface area contributed by atoms with Gasteiger partial charge in [-0.1, -0.05) is 0 Å². The summed E-state index contributed by atoms with van der Waals surface area (Å²) >= 11 is 0. The molecule has 5 nitrogen and oxygen atoms in total. The number of carbonyl (C=O) groups is 1. The molecule has 1 unspecified atom stereocenters. The van der Waals surface area contributed by atoms with E-state index >= 15 is 0 Å². The maximum Gasteiger partial charge on any atom is 0.206 e. The number of phenolic OH excluding ortho intramolecular Hbond substituents is 1. The summed E-state index contributed by atoms with van der Waals surface area (Å²) in [5.41, 5.74) is -0.0372. The molecular weight excluding hydrogens is 162 g/mol. The van der Waals surface area contributed by atoms with E-state index in [1.54, 1.807) is 0 Å². The summed E-state index contributed by atoms with van der Waals surface area (Å²) in [6, 6.07) is 3.63. The van der Waals surface area contributed by atoms with Crippen molar-refractivity contribution in [3.63, 3.8) is 0 Å². The highest BCUT2D eigenvalue weighted by atomic mass is 16.8. The Bertz CT molecular complexity index is 297. The van der Waals surface area contributed by atoms with Gasteiger partial charge in [-0.15, -0.1) is 0 Å². The quantitative estimate of drug-likeness (QED) is 0.319. The number of carbonyl (C=O) groups excluding carboxylic acids is 1. The van der Waals surface area contributed by atoms with E-state index < -0.39 is 5.23 Å². The average molecular weight is 169 g/mol. The van der Waals surface area contributed by atoms with E-state index in [1.165, 1.54) is 12.1 Å². The standard InChI is InChI=1S/C7H7NO4/c9-4-5-1-2-7(10)6(3-5)8(11)12/h1-4,8,10-11H. The molecule has 0 aliphatic heterocycles. The molecule has 12 heavy (non-hydrogen) atoms. The van der Waals surface area contributed by atoms with Crippen LogP contribution in [0.4, 0.5) is 5.69 Å². The highest BCUT2D eigenvalue weighted by Gasteiger charge is 2.07. The van der Waals surface area contributed by atoms with Crippen LogP contribution in [0.5, 0.6) is 5.75 Å². The zero-order chi connectivity index (χ0) is 9.14. The third kappa shape index (κ3) is 1.59. The number of hydrogen-bond donors (Lipinski definition) is 3. The summed E-state index contributed by atoms with van der Waals surface area (Å²) < 4.78 is 0. The third-order valence-corrected chi connectivity index (χ3v) is 1.39. The van der Waals surface area contributed by atoms with Gasteiger partial charge in [0.15, 0.2) is 5.75 Å². The summed E-state index contributed by atoms with van der Waals surface area (Å²) in [5, 5.41) is 26.7. The molecule has 5 heteroatoms. The van der Waals surface area contributed by atoms with Crippen molar-refractivity contribution in [3.8, 4) is 5.75 Å². The predicted molar refractivity (Wildman–Crippen MR) is 39.3 cm³/mol. The number of benzene rings is 1. The van der Waals surface area contributed by atoms with Gasteiger partial charge in [-0.05, 0) is 12.1 Å². The van der Waals surface area contributed by atoms with Gasteiger partial charge in [-0.3, -0.25) is 4.79 Å². The number of quaternary nitrogens is 1. The van der Waals surface area contributed by atoms with Crippen molar-refractivity contribution < 1.29 is 20.3 Å². The normalized spacial score (nSPS) is 12.5. The van der Waals surface area contributed by atoms with Crippen LogP contribution in [-0.4, -0.2) is 16.6 Å². The van der Waals surface area contributed by atoms with E-state index in [2.05, 4.69) is 0 Å². The maximum absolute atomic E-state index is 10.4. The molecule has 0 aromatic heterocycles. The van der Waals surface area contributed by atoms with Gasteiger partial charge in [0.05, 0.1) is 0 Å². The lowest BCUT2D eigenvalue weighted by Gasteiger charge is -2.12. The van der Waals surface area contributed by atoms with E-state index in [-0.39, 0.29) is 17.0 Å². The van der Waals surface area contributed by atoms with Gasteiger partial charge in [0.25, 0.3) is 0 Å². The Morgan fingerprint density at radius 2 is 2.17 bits per heavy atom. The van der Waals surface area contributed by atoms with Gasteiger partial charge in [-0.25, -0.2) is 5.21 Å². The van der Waals surface area contributed by atoms with E-state index in [4.69, 9.17) is 10.3 Å². The first-order chi connectivity index (χ1) is 5.65. The minimum atomic E-state index is -1.25. The van der Waals surface area contributed by atoms with E-state index in [0.29, 0.717) is 6.29 Å². The SMILES string of the molecule is O=Cc1ccc(O)c([NH+]([O-])O)c1. The Kier molecular flexibility index (Phi) is 2.39. The van der Waals surface area contributed by atoms with Crippen molar-refractivity contribution in [2.24, 2.45) is 0 Å². The van der Waals surface area contributed by atoms with Gasteiger partial charge in [0.1, 0.15) is 6.29 Å². The highest BCUT2D eigenvalue weighted by Crippen LogP contribution is 2.18. The number of phenols is 1. The molecule has 1 atom stereocenters. The Morgan fingerprint density at radius 1 is 1.50 bits per heavy atom. The van der Waals surface area contributed by atoms with Crippen molar-refractivity contribution in [1.29, 1.82) is 0 Å². The Labute approximate surface area is 68.0 Å². The van der Waals surface area contributed by atoms with Crippen LogP contribution < -0.4 is 5.23 Å². The number of aldehydes is 1. The van der Waals surface area contributed by atoms with Crippen LogP contribution in [0.1, 0.15) is 10.4 Å². The Morgan fingerprint density at radius 3 is 2.67 bits per heavy atom. The molecule has 1 aromatic rings. The Hall–Kier alpha value is -1.43. The summed E-state index contributed by atoms with van der Waals surface area (Å²) in [6.45, 7) is 0. The topological polar surface area (TPSA) is 85.0 Å². The molecule has 0 aliphatic rings. The highest BCUT2D eigenvalue weighted by molar-refractivity contribution is 5.77. The molecule has 1 rings (SSSR count). The molecule has 3 N–H and O–H groups in total. The van der Waals surface area contributed by atoms with Crippen molar-refractivity contribution >= 4 is 12.0 Å². The van der Waals surface area contributed by atoms with Crippen LogP contribution >= 0.6 is 0 Å². The molecule has 0 radical (unpaired) electrons. The molecule has 0 saturated heterocycles. The first kappa shape index (κ1) is 8.66. The monoisotopic (exact) mass is 169 g/mol. The molecule has 1 aromatic carbocycles. The lowest BCUT2D eigenvalue weighted by Crippen LogP contribution is -2.99. The molecule has 0 saturated carbocycles. The van der Waals surface area contributed by atoms with Crippen LogP contribution in [0.25, 0.3) is 0 Å². The first-order valence-electron chi connectivity index (χ1n) is 3.16. The molecule has 0 bridgehead atoms. The molecule has 0 amide bonds. The molecule has 0 aliphatic carbocycles. The summed E-state index contributed by atoms with van der Waals surface area (Å²) in [4.78, 5) is 10.2. The smallest absolute Gasteiger partial charge is 0.206 e. The first-order valence-corrected chi connectivity index (χ1v) is 3.16. The van der Waals surface area contributed by atoms with Gasteiger partial charge in [0.2, 0.25) is 5.69 Å². The van der Waals surface area contributed by atoms with Crippen LogP contribution in [0, 0.1) is 5.21 Å². The zero-order valence-corrected chi connectivity index (χ0v) is 6.02. The molecule has 0 fully saturated rings. The lowest BCUT2D eigenvalue weighted by molar-refractivity contribution is -0.991. The minimum Gasteiger partial charge on any atom is -0.595 e. The second-order valence-electron chi connectivity index (χ2n) is 2.20. The van der Waals surface area contributed by atoms with Crippen LogP contribution in [-0.2, 0) is 0 Å². The molecule has 0 spiro atoms. The van der Waals surface area contributed by atoms with E-state index in [1.807, 2.05) is 0 Å². The van der Waals surface area contributed by atoms with Crippen LogP contribution in [0.15, 0.2) is 18.2 Å². The van der Waals surface area contributed by atoms with Crippen molar-refractivity contribution in [2.45, 2.75) is 0 Å². The summed E-state index contributed by atoms with van der Waals surface area (Å²) in [7, 11) is 0. The Balaban J connectivity index is 3.16. The zero-order valence-electron chi connectivity index (χ0n) is 6.02. The van der Waals surface area contributed by atoms with Crippen LogP contribution in [0.2, 0.25) is 0 Å². The second kappa shape index (κ2) is 3.31. The van der Waals surface area contributed by atoms with Crippen molar-refractivity contribution in [1.82, 2.24) is 0 Å². The van der Waals surface area contributed by atoms with Crippen molar-refractivity contribution in [2.75, 3.05) is 0 Å². The summed E-state index contributed by atoms with van der Waals surface area (Å²) in [6.07, 6.45) is 0.520. The van der Waals surface area contributed by atoms with Gasteiger partial charge < -0.3 is 10.3 Å². The average Bonchev–Trinajstić information content (AvgIpc) is 2.05. The largest absolute Gasteiger partial charge is 0.595 e. The van der Waals surface area contributed by atoms with Crippen molar-refractivity contribution in [3.05, 3.63) is 29.0 Å².